The Hall–Kier alpha value is -3.48. The van der Waals surface area contributed by atoms with E-state index in [1.807, 2.05) is 37.3 Å². The van der Waals surface area contributed by atoms with Gasteiger partial charge in [-0.05, 0) is 37.1 Å². The number of rotatable bonds is 7. The van der Waals surface area contributed by atoms with Crippen LogP contribution in [-0.2, 0) is 19.9 Å². The van der Waals surface area contributed by atoms with Crippen LogP contribution in [0.5, 0.6) is 0 Å². The number of nitrogens with zero attached hydrogens (tertiary/aromatic N) is 4. The number of fused-ring (bicyclic) bond motifs is 1. The van der Waals surface area contributed by atoms with E-state index in [2.05, 4.69) is 37.9 Å². The second kappa shape index (κ2) is 8.26. The molecule has 0 fully saturated rings. The van der Waals surface area contributed by atoms with Crippen LogP contribution in [0, 0.1) is 0 Å². The number of imidazole rings is 1. The number of hydrogen-bond donors (Lipinski definition) is 2. The van der Waals surface area contributed by atoms with Crippen LogP contribution >= 0.6 is 0 Å². The zero-order valence-electron chi connectivity index (χ0n) is 16.6. The van der Waals surface area contributed by atoms with E-state index in [1.165, 1.54) is 6.07 Å². The van der Waals surface area contributed by atoms with E-state index in [9.17, 15) is 4.79 Å². The van der Waals surface area contributed by atoms with Gasteiger partial charge < -0.3 is 14.9 Å². The number of aryl methyl sites for hydroxylation is 3. The summed E-state index contributed by atoms with van der Waals surface area (Å²) < 4.78 is 2.15. The quantitative estimate of drug-likeness (QED) is 0.474. The van der Waals surface area contributed by atoms with Gasteiger partial charge in [0.2, 0.25) is 0 Å². The van der Waals surface area contributed by atoms with Crippen LogP contribution in [0.4, 0.5) is 5.82 Å². The van der Waals surface area contributed by atoms with Crippen molar-refractivity contribution in [2.45, 2.75) is 26.2 Å². The Morgan fingerprint density at radius 1 is 1.14 bits per heavy atom. The van der Waals surface area contributed by atoms with Crippen LogP contribution in [0.2, 0.25) is 0 Å². The molecule has 7 nitrogen and oxygen atoms in total. The largest absolute Gasteiger partial charge is 0.370 e. The van der Waals surface area contributed by atoms with Crippen LogP contribution < -0.4 is 10.9 Å². The first kappa shape index (κ1) is 18.9. The fraction of sp³-hybridized carbons (Fsp3) is 0.273. The summed E-state index contributed by atoms with van der Waals surface area (Å²) in [5.74, 6) is 2.44. The highest BCUT2D eigenvalue weighted by atomic mass is 16.1. The lowest BCUT2D eigenvalue weighted by molar-refractivity contribution is 0.752. The summed E-state index contributed by atoms with van der Waals surface area (Å²) >= 11 is 0. The minimum atomic E-state index is -0.143. The number of anilines is 1. The Morgan fingerprint density at radius 2 is 2.00 bits per heavy atom. The molecule has 0 bridgehead atoms. The molecule has 29 heavy (non-hydrogen) atoms. The molecule has 0 spiro atoms. The van der Waals surface area contributed by atoms with Crippen molar-refractivity contribution in [1.29, 1.82) is 0 Å². The highest BCUT2D eigenvalue weighted by molar-refractivity contribution is 5.75. The number of H-pyrrole nitrogens is 1. The maximum atomic E-state index is 11.7. The van der Waals surface area contributed by atoms with Crippen molar-refractivity contribution >= 4 is 16.9 Å². The molecular weight excluding hydrogens is 364 g/mol. The van der Waals surface area contributed by atoms with Crippen molar-refractivity contribution in [3.05, 3.63) is 70.5 Å². The molecule has 7 heteroatoms. The van der Waals surface area contributed by atoms with E-state index in [0.717, 1.165) is 59.7 Å². The van der Waals surface area contributed by atoms with E-state index in [4.69, 9.17) is 4.98 Å². The van der Waals surface area contributed by atoms with Gasteiger partial charge in [-0.1, -0.05) is 19.1 Å². The maximum absolute atomic E-state index is 11.7. The lowest BCUT2D eigenvalue weighted by Crippen LogP contribution is -2.10. The highest BCUT2D eigenvalue weighted by Gasteiger charge is 2.07. The minimum Gasteiger partial charge on any atom is -0.370 e. The predicted molar refractivity (Wildman–Crippen MR) is 115 cm³/mol. The molecule has 4 rings (SSSR count). The number of aromatic amines is 1. The molecule has 0 atom stereocenters. The molecule has 0 unspecified atom stereocenters. The molecule has 0 saturated carbocycles. The first-order chi connectivity index (χ1) is 14.1. The van der Waals surface area contributed by atoms with Crippen LogP contribution in [-0.4, -0.2) is 31.0 Å². The zero-order chi connectivity index (χ0) is 20.2. The Kier molecular flexibility index (Phi) is 5.37. The molecule has 3 heterocycles. The lowest BCUT2D eigenvalue weighted by Gasteiger charge is -2.07. The Bertz CT molecular complexity index is 1180. The van der Waals surface area contributed by atoms with Crippen LogP contribution in [0.25, 0.3) is 22.4 Å². The summed E-state index contributed by atoms with van der Waals surface area (Å²) in [4.78, 5) is 28.1. The Labute approximate surface area is 168 Å². The molecule has 0 aliphatic carbocycles. The van der Waals surface area contributed by atoms with Crippen molar-refractivity contribution in [3.63, 3.8) is 0 Å². The van der Waals surface area contributed by atoms with Crippen LogP contribution in [0.15, 0.2) is 53.5 Å². The van der Waals surface area contributed by atoms with E-state index < -0.39 is 0 Å². The van der Waals surface area contributed by atoms with Gasteiger partial charge in [-0.25, -0.2) is 15.0 Å². The van der Waals surface area contributed by atoms with Gasteiger partial charge in [0.05, 0.1) is 11.0 Å². The predicted octanol–water partition coefficient (Wildman–Crippen LogP) is 3.33. The summed E-state index contributed by atoms with van der Waals surface area (Å²) in [5.41, 5.74) is 3.62. The number of benzene rings is 1. The summed E-state index contributed by atoms with van der Waals surface area (Å²) in [6.07, 6.45) is 4.29. The van der Waals surface area contributed by atoms with E-state index in [1.54, 1.807) is 6.20 Å². The van der Waals surface area contributed by atoms with Crippen LogP contribution in [0.3, 0.4) is 0 Å². The fourth-order valence-electron chi connectivity index (χ4n) is 3.35. The second-order valence-corrected chi connectivity index (χ2v) is 6.98. The summed E-state index contributed by atoms with van der Waals surface area (Å²) in [6.45, 7) is 2.78. The molecule has 1 aromatic carbocycles. The molecular formula is C22H24N6O. The third kappa shape index (κ3) is 4.18. The second-order valence-electron chi connectivity index (χ2n) is 6.98. The molecule has 148 valence electrons. The molecule has 4 aromatic rings. The van der Waals surface area contributed by atoms with Gasteiger partial charge >= 0.3 is 0 Å². The molecule has 0 saturated heterocycles. The third-order valence-electron chi connectivity index (χ3n) is 4.96. The molecule has 0 radical (unpaired) electrons. The molecule has 3 aromatic heterocycles. The first-order valence-corrected chi connectivity index (χ1v) is 9.85. The van der Waals surface area contributed by atoms with E-state index in [0.29, 0.717) is 5.82 Å². The van der Waals surface area contributed by atoms with Crippen LogP contribution in [0.1, 0.15) is 24.9 Å². The summed E-state index contributed by atoms with van der Waals surface area (Å²) in [6, 6.07) is 13.5. The fourth-order valence-corrected chi connectivity index (χ4v) is 3.35. The Morgan fingerprint density at radius 3 is 2.76 bits per heavy atom. The van der Waals surface area contributed by atoms with Crippen molar-refractivity contribution in [1.82, 2.24) is 24.5 Å². The normalized spacial score (nSPS) is 11.1. The standard InChI is InChI=1S/C22H24N6O/c1-3-16-13-21(29)27-22(25-16)15-10-11-19(24-14-15)23-12-6-9-20-26-17-7-4-5-8-18(17)28(20)2/h4-5,7-8,10-11,13-14H,3,6,9,12H2,1-2H3,(H,23,24)(H,25,27,29). The van der Waals surface area contributed by atoms with Gasteiger partial charge in [0.15, 0.2) is 0 Å². The van der Waals surface area contributed by atoms with Gasteiger partial charge in [-0.15, -0.1) is 0 Å². The smallest absolute Gasteiger partial charge is 0.251 e. The molecule has 0 aliphatic heterocycles. The maximum Gasteiger partial charge on any atom is 0.251 e. The SMILES string of the molecule is CCc1cc(=O)[nH]c(-c2ccc(NCCCc3nc4ccccc4n3C)nc2)n1. The molecule has 0 aliphatic rings. The van der Waals surface area contributed by atoms with Crippen molar-refractivity contribution in [2.75, 3.05) is 11.9 Å². The monoisotopic (exact) mass is 388 g/mol. The van der Waals surface area contributed by atoms with Crippen molar-refractivity contribution in [3.8, 4) is 11.4 Å². The minimum absolute atomic E-state index is 0.143. The van der Waals surface area contributed by atoms with E-state index in [-0.39, 0.29) is 5.56 Å². The lowest BCUT2D eigenvalue weighted by atomic mass is 10.2. The summed E-state index contributed by atoms with van der Waals surface area (Å²) in [5, 5.41) is 3.34. The number of pyridine rings is 1. The average Bonchev–Trinajstić information content (AvgIpc) is 3.07. The van der Waals surface area contributed by atoms with Crippen molar-refractivity contribution < 1.29 is 0 Å². The number of para-hydroxylation sites is 2. The Balaban J connectivity index is 1.35. The third-order valence-corrected chi connectivity index (χ3v) is 4.96. The highest BCUT2D eigenvalue weighted by Crippen LogP contribution is 2.16. The number of aromatic nitrogens is 5. The van der Waals surface area contributed by atoms with Gasteiger partial charge in [-0.3, -0.25) is 4.79 Å². The average molecular weight is 388 g/mol. The molecule has 2 N–H and O–H groups in total. The van der Waals surface area contributed by atoms with Gasteiger partial charge in [-0.2, -0.15) is 0 Å². The molecule has 0 amide bonds. The van der Waals surface area contributed by atoms with Gasteiger partial charge in [0, 0.05) is 43.5 Å². The van der Waals surface area contributed by atoms with Gasteiger partial charge in [0.25, 0.3) is 5.56 Å². The zero-order valence-corrected chi connectivity index (χ0v) is 16.6. The topological polar surface area (TPSA) is 88.5 Å². The summed E-state index contributed by atoms with van der Waals surface area (Å²) in [7, 11) is 2.06. The van der Waals surface area contributed by atoms with E-state index >= 15 is 0 Å². The first-order valence-electron chi connectivity index (χ1n) is 9.85. The van der Waals surface area contributed by atoms with Crippen molar-refractivity contribution in [2.24, 2.45) is 7.05 Å². The number of nitrogens with one attached hydrogen (secondary N) is 2. The van der Waals surface area contributed by atoms with Gasteiger partial charge in [0.1, 0.15) is 17.5 Å². The number of hydrogen-bond acceptors (Lipinski definition) is 5.